The summed E-state index contributed by atoms with van der Waals surface area (Å²) in [5.41, 5.74) is 4.61. The van der Waals surface area contributed by atoms with E-state index in [0.29, 0.717) is 0 Å². The van der Waals surface area contributed by atoms with Crippen LogP contribution in [0.25, 0.3) is 11.8 Å². The molecule has 4 rings (SSSR count). The fourth-order valence-electron chi connectivity index (χ4n) is 3.76. The van der Waals surface area contributed by atoms with Crippen molar-refractivity contribution in [3.05, 3.63) is 77.1 Å². The van der Waals surface area contributed by atoms with Gasteiger partial charge in [-0.1, -0.05) is 42.1 Å². The maximum Gasteiger partial charge on any atom is 0.365 e. The molecule has 0 fully saturated rings. The average molecular weight is 465 g/mol. The molecular formula is C26H32N4S2+2. The minimum Gasteiger partial charge on any atom is -0.338 e. The fourth-order valence-corrected chi connectivity index (χ4v) is 5.86. The van der Waals surface area contributed by atoms with Crippen LogP contribution in [0.3, 0.4) is 0 Å². The first-order chi connectivity index (χ1) is 15.3. The molecule has 6 heteroatoms. The molecule has 1 aromatic heterocycles. The van der Waals surface area contributed by atoms with Gasteiger partial charge < -0.3 is 9.38 Å². The third-order valence-corrected chi connectivity index (χ3v) is 7.58. The highest BCUT2D eigenvalue weighted by molar-refractivity contribution is 8.03. The van der Waals surface area contributed by atoms with Gasteiger partial charge in [0.15, 0.2) is 5.69 Å². The second-order valence-corrected chi connectivity index (χ2v) is 11.2. The van der Waals surface area contributed by atoms with E-state index in [1.165, 1.54) is 21.3 Å². The van der Waals surface area contributed by atoms with E-state index in [1.807, 2.05) is 11.8 Å². The summed E-state index contributed by atoms with van der Waals surface area (Å²) in [5, 5.41) is 2.25. The standard InChI is InChI=1S/C26H32N4S2/c1-20-18-21(19-25-28(2)23-14-9-10-15-24(23)32-25)27-26(31-17-11-16-30(3,4)5)29(20)22-12-7-6-8-13-22/h6-10,12-15,18-19H,11,16-17H2,1-5H3/q+2. The number of hydrogen-bond donors (Lipinski definition) is 0. The monoisotopic (exact) mass is 464 g/mol. The average Bonchev–Trinajstić information content (AvgIpc) is 3.06. The Morgan fingerprint density at radius 3 is 2.50 bits per heavy atom. The van der Waals surface area contributed by atoms with Gasteiger partial charge in [0, 0.05) is 36.3 Å². The predicted octanol–water partition coefficient (Wildman–Crippen LogP) is 5.40. The zero-order valence-electron chi connectivity index (χ0n) is 19.6. The summed E-state index contributed by atoms with van der Waals surface area (Å²) in [6, 6.07) is 21.3. The Morgan fingerprint density at radius 1 is 1.06 bits per heavy atom. The molecule has 3 aromatic rings. The van der Waals surface area contributed by atoms with E-state index in [4.69, 9.17) is 4.98 Å². The van der Waals surface area contributed by atoms with E-state index in [0.717, 1.165) is 39.7 Å². The molecule has 0 aliphatic carbocycles. The Balaban J connectivity index is 1.65. The lowest BCUT2D eigenvalue weighted by molar-refractivity contribution is -0.870. The molecule has 0 saturated carbocycles. The van der Waals surface area contributed by atoms with Gasteiger partial charge in [0.2, 0.25) is 0 Å². The topological polar surface area (TPSA) is 20.0 Å². The van der Waals surface area contributed by atoms with Crippen molar-refractivity contribution in [1.29, 1.82) is 0 Å². The van der Waals surface area contributed by atoms with Gasteiger partial charge in [-0.05, 0) is 47.9 Å². The van der Waals surface area contributed by atoms with Crippen LogP contribution in [-0.2, 0) is 0 Å². The van der Waals surface area contributed by atoms with Gasteiger partial charge in [-0.15, -0.1) is 0 Å². The Morgan fingerprint density at radius 2 is 1.78 bits per heavy atom. The molecular weight excluding hydrogens is 432 g/mol. The van der Waals surface area contributed by atoms with Crippen molar-refractivity contribution >= 4 is 35.3 Å². The molecule has 0 amide bonds. The van der Waals surface area contributed by atoms with Crippen LogP contribution in [0.2, 0.25) is 0 Å². The van der Waals surface area contributed by atoms with Gasteiger partial charge in [-0.3, -0.25) is 0 Å². The molecule has 4 nitrogen and oxygen atoms in total. The molecule has 1 aliphatic rings. The van der Waals surface area contributed by atoms with Crippen LogP contribution >= 0.6 is 23.5 Å². The zero-order valence-corrected chi connectivity index (χ0v) is 21.2. The molecule has 2 aromatic carbocycles. The van der Waals surface area contributed by atoms with Crippen LogP contribution < -0.4 is 9.47 Å². The van der Waals surface area contributed by atoms with Gasteiger partial charge in [-0.2, -0.15) is 4.57 Å². The zero-order chi connectivity index (χ0) is 22.7. The van der Waals surface area contributed by atoms with Crippen LogP contribution in [0.15, 0.2) is 75.7 Å². The molecule has 166 valence electrons. The molecule has 32 heavy (non-hydrogen) atoms. The first-order valence-electron chi connectivity index (χ1n) is 11.0. The van der Waals surface area contributed by atoms with Crippen molar-refractivity contribution in [3.63, 3.8) is 0 Å². The molecule has 0 spiro atoms. The number of hydrogen-bond acceptors (Lipinski definition) is 4. The molecule has 0 bridgehead atoms. The summed E-state index contributed by atoms with van der Waals surface area (Å²) in [7, 11) is 8.87. The summed E-state index contributed by atoms with van der Waals surface area (Å²) in [6.45, 7) is 3.33. The normalized spacial score (nSPS) is 14.8. The highest BCUT2D eigenvalue weighted by Crippen LogP contribution is 2.45. The molecule has 0 saturated heterocycles. The largest absolute Gasteiger partial charge is 0.365 e. The van der Waals surface area contributed by atoms with Crippen molar-refractivity contribution < 1.29 is 9.05 Å². The lowest BCUT2D eigenvalue weighted by Crippen LogP contribution is -2.38. The summed E-state index contributed by atoms with van der Waals surface area (Å²) in [6.07, 6.45) is 3.37. The summed E-state index contributed by atoms with van der Waals surface area (Å²) in [5.74, 6) is 1.05. The number of thioether (sulfide) groups is 2. The SMILES string of the molecule is Cc1cc(C=C2Sc3ccccc3N2C)nc(SCCC[N+](C)(C)C)[n+]1-c1ccccc1. The van der Waals surface area contributed by atoms with Crippen molar-refractivity contribution in [2.24, 2.45) is 0 Å². The summed E-state index contributed by atoms with van der Waals surface area (Å²) >= 11 is 3.66. The number of fused-ring (bicyclic) bond motifs is 1. The van der Waals surface area contributed by atoms with Gasteiger partial charge >= 0.3 is 5.16 Å². The number of rotatable bonds is 7. The van der Waals surface area contributed by atoms with Crippen LogP contribution in [-0.4, -0.2) is 50.0 Å². The highest BCUT2D eigenvalue weighted by Gasteiger charge is 2.24. The lowest BCUT2D eigenvalue weighted by atomic mass is 10.2. The molecule has 1 aliphatic heterocycles. The third-order valence-electron chi connectivity index (χ3n) is 5.39. The molecule has 0 unspecified atom stereocenters. The number of para-hydroxylation sites is 2. The third kappa shape index (κ3) is 5.37. The lowest BCUT2D eigenvalue weighted by Gasteiger charge is -2.23. The Labute approximate surface area is 200 Å². The van der Waals surface area contributed by atoms with Crippen molar-refractivity contribution in [2.75, 3.05) is 45.4 Å². The Hall–Kier alpha value is -2.28. The number of benzene rings is 2. The van der Waals surface area contributed by atoms with Crippen LogP contribution in [0.1, 0.15) is 17.8 Å². The van der Waals surface area contributed by atoms with E-state index in [2.05, 4.69) is 111 Å². The van der Waals surface area contributed by atoms with Crippen molar-refractivity contribution in [3.8, 4) is 5.69 Å². The predicted molar refractivity (Wildman–Crippen MR) is 137 cm³/mol. The smallest absolute Gasteiger partial charge is 0.338 e. The first-order valence-corrected chi connectivity index (χ1v) is 12.8. The van der Waals surface area contributed by atoms with E-state index >= 15 is 0 Å². The Kier molecular flexibility index (Phi) is 6.93. The van der Waals surface area contributed by atoms with Crippen LogP contribution in [0.5, 0.6) is 0 Å². The number of aryl methyl sites for hydroxylation is 1. The van der Waals surface area contributed by atoms with E-state index < -0.39 is 0 Å². The highest BCUT2D eigenvalue weighted by atomic mass is 32.2. The second-order valence-electron chi connectivity index (χ2n) is 9.10. The molecule has 2 heterocycles. The molecule has 0 N–H and O–H groups in total. The minimum atomic E-state index is 0.988. The quantitative estimate of drug-likeness (QED) is 0.153. The number of quaternary nitrogens is 1. The number of aromatic nitrogens is 2. The van der Waals surface area contributed by atoms with E-state index in [1.54, 1.807) is 11.8 Å². The van der Waals surface area contributed by atoms with Crippen molar-refractivity contribution in [1.82, 2.24) is 4.98 Å². The maximum atomic E-state index is 5.11. The van der Waals surface area contributed by atoms with Gasteiger partial charge in [0.25, 0.3) is 0 Å². The summed E-state index contributed by atoms with van der Waals surface area (Å²) < 4.78 is 3.26. The van der Waals surface area contributed by atoms with Crippen LogP contribution in [0, 0.1) is 6.92 Å². The fraction of sp³-hybridized carbons (Fsp3) is 0.308. The van der Waals surface area contributed by atoms with E-state index in [-0.39, 0.29) is 0 Å². The van der Waals surface area contributed by atoms with Gasteiger partial charge in [-0.25, -0.2) is 0 Å². The molecule has 0 atom stereocenters. The van der Waals surface area contributed by atoms with E-state index in [9.17, 15) is 0 Å². The minimum absolute atomic E-state index is 0.988. The number of nitrogens with zero attached hydrogens (tertiary/aromatic N) is 4. The van der Waals surface area contributed by atoms with Gasteiger partial charge in [0.05, 0.1) is 38.4 Å². The summed E-state index contributed by atoms with van der Waals surface area (Å²) in [4.78, 5) is 8.66. The number of anilines is 1. The first kappa shape index (κ1) is 22.9. The maximum absolute atomic E-state index is 5.11. The van der Waals surface area contributed by atoms with Crippen molar-refractivity contribution in [2.45, 2.75) is 23.4 Å². The second kappa shape index (κ2) is 9.69. The molecule has 0 radical (unpaired) electrons. The Bertz CT molecular complexity index is 1120. The van der Waals surface area contributed by atoms with Crippen LogP contribution in [0.4, 0.5) is 5.69 Å². The van der Waals surface area contributed by atoms with Gasteiger partial charge in [0.1, 0.15) is 11.4 Å².